The molecule has 1 N–H and O–H groups in total. The molecule has 3 heteroatoms. The molecule has 0 fully saturated rings. The van der Waals surface area contributed by atoms with Crippen LogP contribution in [0.2, 0.25) is 0 Å². The summed E-state index contributed by atoms with van der Waals surface area (Å²) in [6, 6.07) is 14.3. The smallest absolute Gasteiger partial charge is 0.225 e. The van der Waals surface area contributed by atoms with E-state index in [1.54, 1.807) is 0 Å². The molecule has 19 heavy (non-hydrogen) atoms. The summed E-state index contributed by atoms with van der Waals surface area (Å²) in [5, 5.41) is 2.95. The maximum Gasteiger partial charge on any atom is 0.225 e. The first-order valence-corrected chi connectivity index (χ1v) is 7.09. The molecular formula is C16H14BrNO. The van der Waals surface area contributed by atoms with Crippen molar-refractivity contribution in [1.29, 1.82) is 0 Å². The Morgan fingerprint density at radius 3 is 2.74 bits per heavy atom. The number of rotatable bonds is 1. The van der Waals surface area contributed by atoms with Crippen molar-refractivity contribution in [3.63, 3.8) is 0 Å². The summed E-state index contributed by atoms with van der Waals surface area (Å²) < 4.78 is 1.06. The van der Waals surface area contributed by atoms with Crippen LogP contribution < -0.4 is 5.32 Å². The fourth-order valence-corrected chi connectivity index (χ4v) is 3.18. The zero-order valence-corrected chi connectivity index (χ0v) is 12.2. The quantitative estimate of drug-likeness (QED) is 0.838. The van der Waals surface area contributed by atoms with Crippen LogP contribution in [-0.2, 0) is 4.79 Å². The van der Waals surface area contributed by atoms with Crippen LogP contribution in [-0.4, -0.2) is 5.91 Å². The van der Waals surface area contributed by atoms with Crippen LogP contribution in [0.15, 0.2) is 46.9 Å². The molecule has 0 unspecified atom stereocenters. The predicted octanol–water partition coefficient (Wildman–Crippen LogP) is 4.23. The Kier molecular flexibility index (Phi) is 3.15. The molecule has 0 radical (unpaired) electrons. The van der Waals surface area contributed by atoms with Gasteiger partial charge in [-0.25, -0.2) is 0 Å². The highest BCUT2D eigenvalue weighted by Crippen LogP contribution is 2.39. The second-order valence-corrected chi connectivity index (χ2v) is 5.77. The third-order valence-electron chi connectivity index (χ3n) is 3.53. The highest BCUT2D eigenvalue weighted by molar-refractivity contribution is 9.10. The minimum absolute atomic E-state index is 0.0807. The lowest BCUT2D eigenvalue weighted by Gasteiger charge is -2.27. The Labute approximate surface area is 121 Å². The number of amides is 1. The highest BCUT2D eigenvalue weighted by Gasteiger charge is 2.27. The second kappa shape index (κ2) is 4.82. The summed E-state index contributed by atoms with van der Waals surface area (Å²) in [6.07, 6.45) is 0.499. The summed E-state index contributed by atoms with van der Waals surface area (Å²) in [5.41, 5.74) is 4.52. The Morgan fingerprint density at radius 1 is 1.16 bits per heavy atom. The molecule has 0 saturated heterocycles. The molecule has 1 atom stereocenters. The molecule has 0 aliphatic carbocycles. The molecule has 1 aliphatic rings. The van der Waals surface area contributed by atoms with Gasteiger partial charge in [0.15, 0.2) is 0 Å². The third kappa shape index (κ3) is 2.30. The zero-order chi connectivity index (χ0) is 13.4. The number of nitrogens with one attached hydrogen (secondary N) is 1. The molecule has 0 aromatic heterocycles. The highest BCUT2D eigenvalue weighted by atomic mass is 79.9. The van der Waals surface area contributed by atoms with Crippen molar-refractivity contribution in [1.82, 2.24) is 0 Å². The molecule has 2 nitrogen and oxygen atoms in total. The van der Waals surface area contributed by atoms with Crippen molar-refractivity contribution < 1.29 is 4.79 Å². The van der Waals surface area contributed by atoms with Crippen molar-refractivity contribution in [3.8, 4) is 0 Å². The van der Waals surface area contributed by atoms with Crippen molar-refractivity contribution >= 4 is 27.5 Å². The van der Waals surface area contributed by atoms with Gasteiger partial charge < -0.3 is 5.32 Å². The Balaban J connectivity index is 2.16. The number of hydrogen-bond acceptors (Lipinski definition) is 1. The number of hydrogen-bond donors (Lipinski definition) is 1. The van der Waals surface area contributed by atoms with Gasteiger partial charge >= 0.3 is 0 Å². The van der Waals surface area contributed by atoms with Gasteiger partial charge in [0.1, 0.15) is 0 Å². The summed E-state index contributed by atoms with van der Waals surface area (Å²) >= 11 is 3.59. The number of carbonyl (C=O) groups is 1. The van der Waals surface area contributed by atoms with Crippen LogP contribution in [0.1, 0.15) is 29.0 Å². The Hall–Kier alpha value is -1.61. The average Bonchev–Trinajstić information content (AvgIpc) is 2.39. The maximum atomic E-state index is 11.9. The van der Waals surface area contributed by atoms with Crippen molar-refractivity contribution in [2.45, 2.75) is 19.3 Å². The Morgan fingerprint density at radius 2 is 1.95 bits per heavy atom. The number of carbonyl (C=O) groups excluding carboxylic acids is 1. The van der Waals surface area contributed by atoms with Crippen LogP contribution in [0.5, 0.6) is 0 Å². The maximum absolute atomic E-state index is 11.9. The van der Waals surface area contributed by atoms with Crippen molar-refractivity contribution in [3.05, 3.63) is 63.6 Å². The lowest BCUT2D eigenvalue weighted by molar-refractivity contribution is -0.116. The molecule has 2 aromatic carbocycles. The first-order chi connectivity index (χ1) is 9.15. The number of aryl methyl sites for hydroxylation is 1. The molecule has 1 aliphatic heterocycles. The zero-order valence-electron chi connectivity index (χ0n) is 10.6. The SMILES string of the molecule is Cc1ccc2c(c1)[C@@H](c1ccccc1Br)CC(=O)N2. The number of fused-ring (bicyclic) bond motifs is 1. The van der Waals surface area contributed by atoms with Gasteiger partial charge in [-0.05, 0) is 30.2 Å². The van der Waals surface area contributed by atoms with Gasteiger partial charge in [0.05, 0.1) is 0 Å². The monoisotopic (exact) mass is 315 g/mol. The molecule has 1 heterocycles. The second-order valence-electron chi connectivity index (χ2n) is 4.92. The minimum atomic E-state index is 0.0807. The molecule has 0 spiro atoms. The molecule has 3 rings (SSSR count). The van der Waals surface area contributed by atoms with E-state index in [-0.39, 0.29) is 11.8 Å². The molecule has 1 amide bonds. The van der Waals surface area contributed by atoms with Crippen LogP contribution in [0.25, 0.3) is 0 Å². The largest absolute Gasteiger partial charge is 0.326 e. The standard InChI is InChI=1S/C16H14BrNO/c1-10-6-7-15-13(8-10)12(9-16(19)18-15)11-4-2-3-5-14(11)17/h2-8,12H,9H2,1H3,(H,18,19)/t12-/m1/s1. The normalized spacial score (nSPS) is 17.8. The first-order valence-electron chi connectivity index (χ1n) is 6.30. The number of halogens is 1. The number of benzene rings is 2. The lowest BCUT2D eigenvalue weighted by atomic mass is 9.84. The molecular weight excluding hydrogens is 302 g/mol. The molecule has 96 valence electrons. The van der Waals surface area contributed by atoms with Gasteiger partial charge in [0.25, 0.3) is 0 Å². The minimum Gasteiger partial charge on any atom is -0.326 e. The van der Waals surface area contributed by atoms with E-state index in [0.29, 0.717) is 6.42 Å². The summed E-state index contributed by atoms with van der Waals surface area (Å²) in [7, 11) is 0. The van der Waals surface area contributed by atoms with E-state index in [4.69, 9.17) is 0 Å². The average molecular weight is 316 g/mol. The van der Waals surface area contributed by atoms with Crippen LogP contribution in [0.3, 0.4) is 0 Å². The summed E-state index contributed by atoms with van der Waals surface area (Å²) in [5.74, 6) is 0.205. The van der Waals surface area contributed by atoms with Crippen LogP contribution in [0.4, 0.5) is 5.69 Å². The topological polar surface area (TPSA) is 29.1 Å². The van der Waals surface area contributed by atoms with E-state index in [0.717, 1.165) is 10.2 Å². The van der Waals surface area contributed by atoms with Crippen LogP contribution in [0, 0.1) is 6.92 Å². The molecule has 0 saturated carbocycles. The van der Waals surface area contributed by atoms with E-state index >= 15 is 0 Å². The van der Waals surface area contributed by atoms with E-state index in [1.807, 2.05) is 30.3 Å². The molecule has 0 bridgehead atoms. The molecule has 2 aromatic rings. The fourth-order valence-electron chi connectivity index (χ4n) is 2.62. The van der Waals surface area contributed by atoms with Gasteiger partial charge in [-0.2, -0.15) is 0 Å². The van der Waals surface area contributed by atoms with E-state index in [1.165, 1.54) is 16.7 Å². The van der Waals surface area contributed by atoms with Gasteiger partial charge in [0, 0.05) is 22.5 Å². The van der Waals surface area contributed by atoms with Gasteiger partial charge in [-0.3, -0.25) is 4.79 Å². The van der Waals surface area contributed by atoms with Crippen molar-refractivity contribution in [2.24, 2.45) is 0 Å². The number of anilines is 1. The third-order valence-corrected chi connectivity index (χ3v) is 4.25. The van der Waals surface area contributed by atoms with Gasteiger partial charge in [0.2, 0.25) is 5.91 Å². The van der Waals surface area contributed by atoms with Gasteiger partial charge in [-0.1, -0.05) is 51.8 Å². The summed E-state index contributed by atoms with van der Waals surface area (Å²) in [4.78, 5) is 11.9. The van der Waals surface area contributed by atoms with Crippen molar-refractivity contribution in [2.75, 3.05) is 5.32 Å². The van der Waals surface area contributed by atoms with E-state index < -0.39 is 0 Å². The van der Waals surface area contributed by atoms with Crippen LogP contribution >= 0.6 is 15.9 Å². The fraction of sp³-hybridized carbons (Fsp3) is 0.188. The first kappa shape index (κ1) is 12.4. The summed E-state index contributed by atoms with van der Waals surface area (Å²) in [6.45, 7) is 2.08. The predicted molar refractivity (Wildman–Crippen MR) is 80.4 cm³/mol. The van der Waals surface area contributed by atoms with E-state index in [2.05, 4.69) is 40.3 Å². The van der Waals surface area contributed by atoms with E-state index in [9.17, 15) is 4.79 Å². The Bertz CT molecular complexity index is 651. The van der Waals surface area contributed by atoms with Gasteiger partial charge in [-0.15, -0.1) is 0 Å². The lowest BCUT2D eigenvalue weighted by Crippen LogP contribution is -2.23.